The minimum Gasteiger partial charge on any atom is -0.408 e. The maximum Gasteiger partial charge on any atom is 0.419 e. The summed E-state index contributed by atoms with van der Waals surface area (Å²) in [6.45, 7) is 2.14. The lowest BCUT2D eigenvalue weighted by atomic mass is 10.2. The molecule has 8 heteroatoms. The molecule has 27 heavy (non-hydrogen) atoms. The maximum absolute atomic E-state index is 12.2. The van der Waals surface area contributed by atoms with E-state index in [2.05, 4.69) is 5.32 Å². The molecule has 1 aromatic heterocycles. The van der Waals surface area contributed by atoms with Gasteiger partial charge in [0.05, 0.1) is 10.4 Å². The Morgan fingerprint density at radius 1 is 1.19 bits per heavy atom. The number of rotatable bonds is 6. The SMILES string of the molecule is Cc1ccc(S(C)(=O)=O)cc1NC(=O)CCCn1c(=O)oc2ccccc21. The molecule has 0 atom stereocenters. The molecule has 0 aliphatic rings. The molecule has 1 amide bonds. The van der Waals surface area contributed by atoms with Crippen molar-refractivity contribution in [1.82, 2.24) is 4.57 Å². The van der Waals surface area contributed by atoms with E-state index in [0.29, 0.717) is 29.8 Å². The number of para-hydroxylation sites is 2. The Balaban J connectivity index is 1.65. The van der Waals surface area contributed by atoms with Crippen LogP contribution in [0.25, 0.3) is 11.1 Å². The second-order valence-electron chi connectivity index (χ2n) is 6.39. The summed E-state index contributed by atoms with van der Waals surface area (Å²) in [5.41, 5.74) is 2.45. The first-order valence-corrected chi connectivity index (χ1v) is 10.3. The van der Waals surface area contributed by atoms with Crippen LogP contribution >= 0.6 is 0 Å². The van der Waals surface area contributed by atoms with E-state index in [-0.39, 0.29) is 17.2 Å². The van der Waals surface area contributed by atoms with Crippen LogP contribution in [-0.2, 0) is 21.2 Å². The van der Waals surface area contributed by atoms with Crippen molar-refractivity contribution < 1.29 is 17.6 Å². The fourth-order valence-electron chi connectivity index (χ4n) is 2.80. The Hall–Kier alpha value is -2.87. The predicted molar refractivity (Wildman–Crippen MR) is 103 cm³/mol. The molecular formula is C19H20N2O5S. The molecule has 2 aromatic carbocycles. The Bertz CT molecular complexity index is 1160. The number of aryl methyl sites for hydroxylation is 2. The van der Waals surface area contributed by atoms with Crippen LogP contribution in [0.15, 0.2) is 56.6 Å². The first kappa shape index (κ1) is 18.9. The summed E-state index contributed by atoms with van der Waals surface area (Å²) in [5, 5.41) is 2.74. The zero-order valence-electron chi connectivity index (χ0n) is 15.1. The molecule has 0 spiro atoms. The number of amides is 1. The summed E-state index contributed by atoms with van der Waals surface area (Å²) in [5.74, 6) is -0.696. The highest BCUT2D eigenvalue weighted by molar-refractivity contribution is 7.90. The van der Waals surface area contributed by atoms with Crippen molar-refractivity contribution in [2.45, 2.75) is 31.2 Å². The molecule has 0 saturated heterocycles. The van der Waals surface area contributed by atoms with Gasteiger partial charge in [0.1, 0.15) is 0 Å². The van der Waals surface area contributed by atoms with E-state index < -0.39 is 15.6 Å². The van der Waals surface area contributed by atoms with Crippen molar-refractivity contribution in [3.63, 3.8) is 0 Å². The number of benzene rings is 2. The molecule has 3 aromatic rings. The monoisotopic (exact) mass is 388 g/mol. The summed E-state index contributed by atoms with van der Waals surface area (Å²) < 4.78 is 30.0. The van der Waals surface area contributed by atoms with Gasteiger partial charge in [-0.15, -0.1) is 0 Å². The molecule has 0 radical (unpaired) electrons. The number of carbonyl (C=O) groups is 1. The van der Waals surface area contributed by atoms with Gasteiger partial charge in [-0.05, 0) is 43.2 Å². The molecule has 0 bridgehead atoms. The van der Waals surface area contributed by atoms with E-state index in [4.69, 9.17) is 4.42 Å². The average molecular weight is 388 g/mol. The summed E-state index contributed by atoms with van der Waals surface area (Å²) >= 11 is 0. The van der Waals surface area contributed by atoms with Gasteiger partial charge in [-0.2, -0.15) is 0 Å². The topological polar surface area (TPSA) is 98.4 Å². The summed E-state index contributed by atoms with van der Waals surface area (Å²) in [6, 6.07) is 11.7. The standard InChI is InChI=1S/C19H20N2O5S/c1-13-9-10-14(27(2,24)25)12-15(13)20-18(22)8-5-11-21-16-6-3-4-7-17(16)26-19(21)23/h3-4,6-7,9-10,12H,5,8,11H2,1-2H3,(H,20,22). The fraction of sp³-hybridized carbons (Fsp3) is 0.263. The number of hydrogen-bond donors (Lipinski definition) is 1. The van der Waals surface area contributed by atoms with Crippen molar-refractivity contribution in [3.8, 4) is 0 Å². The lowest BCUT2D eigenvalue weighted by Gasteiger charge is -2.10. The summed E-state index contributed by atoms with van der Waals surface area (Å²) in [6.07, 6.45) is 1.75. The maximum atomic E-state index is 12.2. The van der Waals surface area contributed by atoms with E-state index in [9.17, 15) is 18.0 Å². The summed E-state index contributed by atoms with van der Waals surface area (Å²) in [4.78, 5) is 24.3. The molecule has 0 fully saturated rings. The first-order valence-electron chi connectivity index (χ1n) is 8.44. The normalized spacial score (nSPS) is 11.6. The number of fused-ring (bicyclic) bond motifs is 1. The largest absolute Gasteiger partial charge is 0.419 e. The number of sulfone groups is 1. The molecule has 1 N–H and O–H groups in total. The van der Waals surface area contributed by atoms with Gasteiger partial charge in [0.25, 0.3) is 0 Å². The van der Waals surface area contributed by atoms with Crippen molar-refractivity contribution in [3.05, 3.63) is 58.6 Å². The smallest absolute Gasteiger partial charge is 0.408 e. The highest BCUT2D eigenvalue weighted by atomic mass is 32.2. The molecule has 0 saturated carbocycles. The highest BCUT2D eigenvalue weighted by Gasteiger charge is 2.12. The predicted octanol–water partition coefficient (Wildman–Crippen LogP) is 2.73. The molecule has 0 aliphatic heterocycles. The number of hydrogen-bond acceptors (Lipinski definition) is 5. The quantitative estimate of drug-likeness (QED) is 0.700. The van der Waals surface area contributed by atoms with E-state index >= 15 is 0 Å². The van der Waals surface area contributed by atoms with Gasteiger partial charge in [-0.1, -0.05) is 18.2 Å². The van der Waals surface area contributed by atoms with Crippen LogP contribution in [0.2, 0.25) is 0 Å². The third kappa shape index (κ3) is 4.28. The van der Waals surface area contributed by atoms with Crippen LogP contribution in [0.1, 0.15) is 18.4 Å². The molecule has 142 valence electrons. The zero-order chi connectivity index (χ0) is 19.6. The zero-order valence-corrected chi connectivity index (χ0v) is 15.9. The molecule has 3 rings (SSSR count). The number of carbonyl (C=O) groups excluding carboxylic acids is 1. The van der Waals surface area contributed by atoms with Gasteiger partial charge in [-0.25, -0.2) is 13.2 Å². The fourth-order valence-corrected chi connectivity index (χ4v) is 3.45. The number of oxazole rings is 1. The van der Waals surface area contributed by atoms with E-state index in [0.717, 1.165) is 11.8 Å². The van der Waals surface area contributed by atoms with E-state index in [1.54, 1.807) is 31.2 Å². The van der Waals surface area contributed by atoms with Crippen LogP contribution in [0.3, 0.4) is 0 Å². The minimum absolute atomic E-state index is 0.153. The van der Waals surface area contributed by atoms with Crippen LogP contribution in [-0.4, -0.2) is 25.1 Å². The van der Waals surface area contributed by atoms with Crippen LogP contribution in [0.4, 0.5) is 5.69 Å². The Morgan fingerprint density at radius 3 is 2.67 bits per heavy atom. The van der Waals surface area contributed by atoms with Crippen LogP contribution in [0.5, 0.6) is 0 Å². The van der Waals surface area contributed by atoms with Crippen molar-refractivity contribution in [1.29, 1.82) is 0 Å². The summed E-state index contributed by atoms with van der Waals surface area (Å²) in [7, 11) is -3.35. The Morgan fingerprint density at radius 2 is 1.93 bits per heavy atom. The van der Waals surface area contributed by atoms with Crippen molar-refractivity contribution >= 4 is 32.5 Å². The van der Waals surface area contributed by atoms with Gasteiger partial charge < -0.3 is 9.73 Å². The highest BCUT2D eigenvalue weighted by Crippen LogP contribution is 2.20. The lowest BCUT2D eigenvalue weighted by molar-refractivity contribution is -0.116. The third-order valence-electron chi connectivity index (χ3n) is 4.27. The number of aromatic nitrogens is 1. The van der Waals surface area contributed by atoms with Gasteiger partial charge in [-0.3, -0.25) is 9.36 Å². The van der Waals surface area contributed by atoms with Crippen LogP contribution in [0, 0.1) is 6.92 Å². The van der Waals surface area contributed by atoms with Gasteiger partial charge in [0.15, 0.2) is 15.4 Å². The van der Waals surface area contributed by atoms with E-state index in [1.807, 2.05) is 6.07 Å². The molecule has 0 aliphatic carbocycles. The van der Waals surface area contributed by atoms with Crippen molar-refractivity contribution in [2.75, 3.05) is 11.6 Å². The van der Waals surface area contributed by atoms with Crippen molar-refractivity contribution in [2.24, 2.45) is 0 Å². The molecule has 0 unspecified atom stereocenters. The number of nitrogens with one attached hydrogen (secondary N) is 1. The second-order valence-corrected chi connectivity index (χ2v) is 8.40. The third-order valence-corrected chi connectivity index (χ3v) is 5.38. The van der Waals surface area contributed by atoms with Gasteiger partial charge >= 0.3 is 5.76 Å². The lowest BCUT2D eigenvalue weighted by Crippen LogP contribution is -2.17. The van der Waals surface area contributed by atoms with E-state index in [1.165, 1.54) is 16.7 Å². The number of anilines is 1. The van der Waals surface area contributed by atoms with Gasteiger partial charge in [0, 0.05) is 24.9 Å². The first-order chi connectivity index (χ1) is 12.8. The second kappa shape index (κ2) is 7.40. The average Bonchev–Trinajstić information content (AvgIpc) is 2.91. The Labute approximate surface area is 156 Å². The number of nitrogens with zero attached hydrogens (tertiary/aromatic N) is 1. The molecule has 7 nitrogen and oxygen atoms in total. The molecule has 1 heterocycles. The van der Waals surface area contributed by atoms with Crippen LogP contribution < -0.4 is 11.1 Å². The minimum atomic E-state index is -3.35. The Kier molecular flexibility index (Phi) is 5.18. The van der Waals surface area contributed by atoms with Gasteiger partial charge in [0.2, 0.25) is 5.91 Å². The molecular weight excluding hydrogens is 368 g/mol.